The summed E-state index contributed by atoms with van der Waals surface area (Å²) < 4.78 is 26.8. The van der Waals surface area contributed by atoms with E-state index >= 15 is 0 Å². The second-order valence-corrected chi connectivity index (χ2v) is 5.34. The van der Waals surface area contributed by atoms with Gasteiger partial charge in [0.1, 0.15) is 11.6 Å². The van der Waals surface area contributed by atoms with Crippen molar-refractivity contribution in [2.75, 3.05) is 0 Å². The molecule has 2 aromatic rings. The van der Waals surface area contributed by atoms with E-state index in [4.69, 9.17) is 11.6 Å². The van der Waals surface area contributed by atoms with Gasteiger partial charge < -0.3 is 5.11 Å². The van der Waals surface area contributed by atoms with E-state index in [-0.39, 0.29) is 17.0 Å². The van der Waals surface area contributed by atoms with Crippen LogP contribution in [0.3, 0.4) is 0 Å². The third-order valence-corrected chi connectivity index (χ3v) is 3.58. The second-order valence-electron chi connectivity index (χ2n) is 3.87. The minimum absolute atomic E-state index is 0.109. The fourth-order valence-electron chi connectivity index (χ4n) is 1.60. The molecular weight excluding hydrogens is 280 g/mol. The van der Waals surface area contributed by atoms with Crippen molar-refractivity contribution in [3.05, 3.63) is 50.4 Å². The first-order valence-corrected chi connectivity index (χ1v) is 6.46. The summed E-state index contributed by atoms with van der Waals surface area (Å²) in [5, 5.41) is 12.2. The molecule has 1 N–H and O–H groups in total. The van der Waals surface area contributed by atoms with Crippen molar-refractivity contribution >= 4 is 22.9 Å². The number of aliphatic hydroxyl groups is 1. The SMILES string of the molecule is Cc1nc(CC(O)c2cc(F)c(Cl)cc2F)cs1. The maximum Gasteiger partial charge on any atom is 0.142 e. The van der Waals surface area contributed by atoms with Gasteiger partial charge in [0.2, 0.25) is 0 Å². The molecule has 0 saturated heterocycles. The lowest BCUT2D eigenvalue weighted by molar-refractivity contribution is 0.172. The normalized spacial score (nSPS) is 12.7. The van der Waals surface area contributed by atoms with Crippen LogP contribution >= 0.6 is 22.9 Å². The molecule has 6 heteroatoms. The van der Waals surface area contributed by atoms with Crippen LogP contribution in [0.1, 0.15) is 22.4 Å². The smallest absolute Gasteiger partial charge is 0.142 e. The molecule has 0 bridgehead atoms. The minimum Gasteiger partial charge on any atom is -0.388 e. The Morgan fingerprint density at radius 1 is 1.39 bits per heavy atom. The molecule has 18 heavy (non-hydrogen) atoms. The summed E-state index contributed by atoms with van der Waals surface area (Å²) >= 11 is 6.89. The van der Waals surface area contributed by atoms with Gasteiger partial charge in [-0.1, -0.05) is 11.6 Å². The average Bonchev–Trinajstić information content (AvgIpc) is 2.69. The Morgan fingerprint density at radius 3 is 2.72 bits per heavy atom. The number of aliphatic hydroxyl groups excluding tert-OH is 1. The van der Waals surface area contributed by atoms with Crippen molar-refractivity contribution in [1.82, 2.24) is 4.98 Å². The zero-order valence-corrected chi connectivity index (χ0v) is 11.0. The molecule has 2 nitrogen and oxygen atoms in total. The maximum atomic E-state index is 13.6. The highest BCUT2D eigenvalue weighted by atomic mass is 35.5. The highest BCUT2D eigenvalue weighted by Gasteiger charge is 2.17. The largest absolute Gasteiger partial charge is 0.388 e. The zero-order valence-electron chi connectivity index (χ0n) is 9.45. The van der Waals surface area contributed by atoms with E-state index in [2.05, 4.69) is 4.98 Å². The molecule has 1 aromatic heterocycles. The van der Waals surface area contributed by atoms with Gasteiger partial charge >= 0.3 is 0 Å². The average molecular weight is 290 g/mol. The topological polar surface area (TPSA) is 33.1 Å². The number of thiazole rings is 1. The highest BCUT2D eigenvalue weighted by molar-refractivity contribution is 7.09. The Hall–Kier alpha value is -1.04. The van der Waals surface area contributed by atoms with Crippen LogP contribution in [0.15, 0.2) is 17.5 Å². The lowest BCUT2D eigenvalue weighted by Gasteiger charge is -2.11. The number of rotatable bonds is 3. The van der Waals surface area contributed by atoms with Crippen LogP contribution in [0, 0.1) is 18.6 Å². The summed E-state index contributed by atoms with van der Waals surface area (Å²) in [6.45, 7) is 1.84. The summed E-state index contributed by atoms with van der Waals surface area (Å²) in [7, 11) is 0. The second kappa shape index (κ2) is 5.30. The molecule has 1 unspecified atom stereocenters. The lowest BCUT2D eigenvalue weighted by atomic mass is 10.0. The molecule has 0 spiro atoms. The predicted octanol–water partition coefficient (Wildman–Crippen LogP) is 3.66. The van der Waals surface area contributed by atoms with E-state index < -0.39 is 17.7 Å². The Labute approximate surface area is 112 Å². The quantitative estimate of drug-likeness (QED) is 0.875. The first-order chi connectivity index (χ1) is 8.47. The van der Waals surface area contributed by atoms with Crippen LogP contribution in [0.5, 0.6) is 0 Å². The zero-order chi connectivity index (χ0) is 13.3. The molecular formula is C12H10ClF2NOS. The fraction of sp³-hybridized carbons (Fsp3) is 0.250. The van der Waals surface area contributed by atoms with E-state index in [1.807, 2.05) is 6.92 Å². The van der Waals surface area contributed by atoms with Crippen molar-refractivity contribution in [2.24, 2.45) is 0 Å². The number of aryl methyl sites for hydroxylation is 1. The number of benzene rings is 1. The Balaban J connectivity index is 2.23. The molecule has 96 valence electrons. The van der Waals surface area contributed by atoms with Crippen molar-refractivity contribution in [2.45, 2.75) is 19.4 Å². The Bertz CT molecular complexity index is 573. The third-order valence-electron chi connectivity index (χ3n) is 2.47. The van der Waals surface area contributed by atoms with Gasteiger partial charge in [-0.3, -0.25) is 0 Å². The monoisotopic (exact) mass is 289 g/mol. The van der Waals surface area contributed by atoms with Gasteiger partial charge in [-0.2, -0.15) is 0 Å². The molecule has 0 aliphatic carbocycles. The first-order valence-electron chi connectivity index (χ1n) is 5.21. The lowest BCUT2D eigenvalue weighted by Crippen LogP contribution is -2.05. The van der Waals surface area contributed by atoms with E-state index in [0.717, 1.165) is 17.1 Å². The van der Waals surface area contributed by atoms with Crippen LogP contribution in [-0.2, 0) is 6.42 Å². The molecule has 0 saturated carbocycles. The third kappa shape index (κ3) is 2.85. The van der Waals surface area contributed by atoms with E-state index in [0.29, 0.717) is 5.69 Å². The fourth-order valence-corrected chi connectivity index (χ4v) is 2.38. The van der Waals surface area contributed by atoms with Gasteiger partial charge in [0.05, 0.1) is 21.8 Å². The van der Waals surface area contributed by atoms with Gasteiger partial charge in [0.25, 0.3) is 0 Å². The molecule has 1 aromatic carbocycles. The van der Waals surface area contributed by atoms with Gasteiger partial charge in [-0.15, -0.1) is 11.3 Å². The first kappa shape index (κ1) is 13.4. The number of hydrogen-bond donors (Lipinski definition) is 1. The van der Waals surface area contributed by atoms with Gasteiger partial charge in [-0.25, -0.2) is 13.8 Å². The molecule has 0 fully saturated rings. The molecule has 1 atom stereocenters. The summed E-state index contributed by atoms with van der Waals surface area (Å²) in [5.41, 5.74) is 0.544. The van der Waals surface area contributed by atoms with Crippen molar-refractivity contribution < 1.29 is 13.9 Å². The van der Waals surface area contributed by atoms with Crippen molar-refractivity contribution in [3.63, 3.8) is 0 Å². The minimum atomic E-state index is -1.14. The van der Waals surface area contributed by atoms with E-state index in [1.165, 1.54) is 11.3 Å². The van der Waals surface area contributed by atoms with Gasteiger partial charge in [-0.05, 0) is 19.1 Å². The number of nitrogens with zero attached hydrogens (tertiary/aromatic N) is 1. The highest BCUT2D eigenvalue weighted by Crippen LogP contribution is 2.26. The summed E-state index contributed by atoms with van der Waals surface area (Å²) in [4.78, 5) is 4.16. The van der Waals surface area contributed by atoms with Crippen LogP contribution in [0.2, 0.25) is 5.02 Å². The van der Waals surface area contributed by atoms with Crippen LogP contribution in [0.4, 0.5) is 8.78 Å². The summed E-state index contributed by atoms with van der Waals surface area (Å²) in [5.74, 6) is -1.47. The number of hydrogen-bond acceptors (Lipinski definition) is 3. The molecule has 2 rings (SSSR count). The number of halogens is 3. The maximum absolute atomic E-state index is 13.6. The standard InChI is InChI=1S/C12H10ClF2NOS/c1-6-16-7(5-18-6)2-12(17)8-3-11(15)9(13)4-10(8)14/h3-5,12,17H,2H2,1H3. The molecule has 0 aliphatic rings. The molecule has 1 heterocycles. The van der Waals surface area contributed by atoms with E-state index in [1.54, 1.807) is 5.38 Å². The molecule has 0 amide bonds. The number of aromatic nitrogens is 1. The summed E-state index contributed by atoms with van der Waals surface area (Å²) in [6, 6.07) is 1.78. The van der Waals surface area contributed by atoms with Gasteiger partial charge in [0.15, 0.2) is 0 Å². The van der Waals surface area contributed by atoms with Crippen LogP contribution in [0.25, 0.3) is 0 Å². The summed E-state index contributed by atoms with van der Waals surface area (Å²) in [6.07, 6.45) is -0.999. The van der Waals surface area contributed by atoms with Crippen LogP contribution < -0.4 is 0 Å². The molecule has 0 aliphatic heterocycles. The van der Waals surface area contributed by atoms with Gasteiger partial charge in [0, 0.05) is 17.4 Å². The van der Waals surface area contributed by atoms with Crippen LogP contribution in [-0.4, -0.2) is 10.1 Å². The Morgan fingerprint density at radius 2 is 2.11 bits per heavy atom. The predicted molar refractivity (Wildman–Crippen MR) is 66.9 cm³/mol. The van der Waals surface area contributed by atoms with Crippen molar-refractivity contribution in [1.29, 1.82) is 0 Å². The van der Waals surface area contributed by atoms with Crippen molar-refractivity contribution in [3.8, 4) is 0 Å². The Kier molecular flexibility index (Phi) is 3.94. The molecule has 0 radical (unpaired) electrons. The van der Waals surface area contributed by atoms with E-state index in [9.17, 15) is 13.9 Å².